The Bertz CT molecular complexity index is 400. The molecule has 0 fully saturated rings. The first-order valence-electron chi connectivity index (χ1n) is 5.54. The number of ether oxygens (including phenoxy) is 1. The topological polar surface area (TPSA) is 52.6 Å². The van der Waals surface area contributed by atoms with E-state index in [1.54, 1.807) is 0 Å². The van der Waals surface area contributed by atoms with Gasteiger partial charge in [-0.1, -0.05) is 30.3 Å². The van der Waals surface area contributed by atoms with Crippen molar-refractivity contribution in [2.75, 3.05) is 26.1 Å². The summed E-state index contributed by atoms with van der Waals surface area (Å²) in [6.45, 7) is 1.01. The molecule has 0 heterocycles. The molecule has 0 atom stereocenters. The van der Waals surface area contributed by atoms with Crippen LogP contribution in [0.25, 0.3) is 0 Å². The van der Waals surface area contributed by atoms with Crippen molar-refractivity contribution in [3.8, 4) is 0 Å². The molecule has 0 saturated heterocycles. The van der Waals surface area contributed by atoms with Gasteiger partial charge in [-0.3, -0.25) is 4.18 Å². The van der Waals surface area contributed by atoms with Gasteiger partial charge in [0.2, 0.25) is 0 Å². The second-order valence-corrected chi connectivity index (χ2v) is 5.37. The van der Waals surface area contributed by atoms with Gasteiger partial charge in [-0.15, -0.1) is 0 Å². The number of aryl methyl sites for hydroxylation is 1. The molecule has 17 heavy (non-hydrogen) atoms. The van der Waals surface area contributed by atoms with Crippen LogP contribution in [-0.4, -0.2) is 34.5 Å². The molecule has 0 aliphatic carbocycles. The van der Waals surface area contributed by atoms with E-state index >= 15 is 0 Å². The summed E-state index contributed by atoms with van der Waals surface area (Å²) in [7, 11) is -3.34. The zero-order chi connectivity index (χ0) is 12.6. The van der Waals surface area contributed by atoms with Crippen LogP contribution in [0.5, 0.6) is 0 Å². The van der Waals surface area contributed by atoms with Crippen molar-refractivity contribution in [3.63, 3.8) is 0 Å². The van der Waals surface area contributed by atoms with Crippen molar-refractivity contribution in [1.29, 1.82) is 0 Å². The van der Waals surface area contributed by atoms with Crippen LogP contribution in [0.15, 0.2) is 30.3 Å². The van der Waals surface area contributed by atoms with E-state index < -0.39 is 10.1 Å². The van der Waals surface area contributed by atoms with Crippen molar-refractivity contribution in [2.45, 2.75) is 12.8 Å². The van der Waals surface area contributed by atoms with E-state index in [9.17, 15) is 8.42 Å². The zero-order valence-electron chi connectivity index (χ0n) is 9.96. The normalized spacial score (nSPS) is 11.6. The van der Waals surface area contributed by atoms with Crippen LogP contribution < -0.4 is 0 Å². The second kappa shape index (κ2) is 7.42. The molecule has 0 amide bonds. The van der Waals surface area contributed by atoms with Gasteiger partial charge in [0.05, 0.1) is 19.5 Å². The minimum Gasteiger partial charge on any atom is -0.379 e. The van der Waals surface area contributed by atoms with E-state index in [0.29, 0.717) is 13.2 Å². The molecular weight excluding hydrogens is 240 g/mol. The Morgan fingerprint density at radius 1 is 1.06 bits per heavy atom. The van der Waals surface area contributed by atoms with Crippen molar-refractivity contribution in [3.05, 3.63) is 35.9 Å². The number of benzene rings is 1. The Morgan fingerprint density at radius 3 is 2.41 bits per heavy atom. The van der Waals surface area contributed by atoms with Gasteiger partial charge in [-0.05, 0) is 18.4 Å². The lowest BCUT2D eigenvalue weighted by molar-refractivity contribution is 0.101. The van der Waals surface area contributed by atoms with Crippen molar-refractivity contribution >= 4 is 10.1 Å². The third kappa shape index (κ3) is 7.90. The summed E-state index contributed by atoms with van der Waals surface area (Å²) in [4.78, 5) is 0. The molecular formula is C12H18O4S. The van der Waals surface area contributed by atoms with Crippen LogP contribution in [0, 0.1) is 0 Å². The van der Waals surface area contributed by atoms with E-state index in [2.05, 4.69) is 16.3 Å². The van der Waals surface area contributed by atoms with Gasteiger partial charge in [0.15, 0.2) is 0 Å². The summed E-state index contributed by atoms with van der Waals surface area (Å²) in [5.41, 5.74) is 1.28. The lowest BCUT2D eigenvalue weighted by Crippen LogP contribution is -2.10. The average molecular weight is 258 g/mol. The molecule has 0 spiro atoms. The minimum absolute atomic E-state index is 0.0875. The van der Waals surface area contributed by atoms with Crippen molar-refractivity contribution < 1.29 is 17.3 Å². The van der Waals surface area contributed by atoms with Gasteiger partial charge in [0, 0.05) is 6.61 Å². The molecule has 0 bridgehead atoms. The third-order valence-electron chi connectivity index (χ3n) is 2.12. The summed E-state index contributed by atoms with van der Waals surface area (Å²) in [6, 6.07) is 10.2. The van der Waals surface area contributed by atoms with Crippen LogP contribution in [-0.2, 0) is 25.5 Å². The number of hydrogen-bond acceptors (Lipinski definition) is 4. The number of rotatable bonds is 8. The molecule has 0 aliphatic rings. The second-order valence-electron chi connectivity index (χ2n) is 3.73. The van der Waals surface area contributed by atoms with Gasteiger partial charge >= 0.3 is 0 Å². The molecule has 96 valence electrons. The fraction of sp³-hybridized carbons (Fsp3) is 0.500. The maximum Gasteiger partial charge on any atom is 0.264 e. The smallest absolute Gasteiger partial charge is 0.264 e. The highest BCUT2D eigenvalue weighted by Crippen LogP contribution is 2.02. The SMILES string of the molecule is CS(=O)(=O)OCCOCCCc1ccccc1. The molecule has 0 saturated carbocycles. The predicted molar refractivity (Wildman–Crippen MR) is 66.4 cm³/mol. The molecule has 1 aromatic carbocycles. The standard InChI is InChI=1S/C12H18O4S/c1-17(13,14)16-11-10-15-9-5-8-12-6-3-2-4-7-12/h2-4,6-7H,5,8-11H2,1H3. The first kappa shape index (κ1) is 14.2. The van der Waals surface area contributed by atoms with Crippen LogP contribution >= 0.6 is 0 Å². The van der Waals surface area contributed by atoms with E-state index in [-0.39, 0.29) is 6.61 Å². The maximum absolute atomic E-state index is 10.6. The number of hydrogen-bond donors (Lipinski definition) is 0. The Balaban J connectivity index is 1.99. The van der Waals surface area contributed by atoms with E-state index in [1.165, 1.54) is 5.56 Å². The Labute approximate surface area is 103 Å². The zero-order valence-corrected chi connectivity index (χ0v) is 10.8. The van der Waals surface area contributed by atoms with Gasteiger partial charge in [0.1, 0.15) is 0 Å². The van der Waals surface area contributed by atoms with Gasteiger partial charge in [-0.25, -0.2) is 0 Å². The Morgan fingerprint density at radius 2 is 1.76 bits per heavy atom. The van der Waals surface area contributed by atoms with Crippen molar-refractivity contribution in [1.82, 2.24) is 0 Å². The van der Waals surface area contributed by atoms with Crippen LogP contribution in [0.2, 0.25) is 0 Å². The molecule has 5 heteroatoms. The maximum atomic E-state index is 10.6. The van der Waals surface area contributed by atoms with Crippen LogP contribution in [0.1, 0.15) is 12.0 Å². The first-order valence-corrected chi connectivity index (χ1v) is 7.36. The summed E-state index contributed by atoms with van der Waals surface area (Å²) >= 11 is 0. The molecule has 0 unspecified atom stereocenters. The fourth-order valence-corrected chi connectivity index (χ4v) is 1.74. The Kier molecular flexibility index (Phi) is 6.18. The predicted octanol–water partition coefficient (Wildman–Crippen LogP) is 1.61. The summed E-state index contributed by atoms with van der Waals surface area (Å²) in [5.74, 6) is 0. The lowest BCUT2D eigenvalue weighted by Gasteiger charge is -2.04. The summed E-state index contributed by atoms with van der Waals surface area (Å²) in [6.07, 6.45) is 2.92. The third-order valence-corrected chi connectivity index (χ3v) is 2.72. The molecule has 1 rings (SSSR count). The highest BCUT2D eigenvalue weighted by molar-refractivity contribution is 7.85. The minimum atomic E-state index is -3.34. The lowest BCUT2D eigenvalue weighted by atomic mass is 10.1. The summed E-state index contributed by atoms with van der Waals surface area (Å²) < 4.78 is 31.1. The van der Waals surface area contributed by atoms with Crippen LogP contribution in [0.4, 0.5) is 0 Å². The van der Waals surface area contributed by atoms with Crippen LogP contribution in [0.3, 0.4) is 0 Å². The fourth-order valence-electron chi connectivity index (χ4n) is 1.37. The average Bonchev–Trinajstić information content (AvgIpc) is 2.28. The molecule has 0 aliphatic heterocycles. The Hall–Kier alpha value is -0.910. The monoisotopic (exact) mass is 258 g/mol. The molecule has 0 aromatic heterocycles. The highest BCUT2D eigenvalue weighted by atomic mass is 32.2. The molecule has 0 N–H and O–H groups in total. The van der Waals surface area contributed by atoms with Crippen molar-refractivity contribution in [2.24, 2.45) is 0 Å². The summed E-state index contributed by atoms with van der Waals surface area (Å²) in [5, 5.41) is 0. The van der Waals surface area contributed by atoms with E-state index in [4.69, 9.17) is 4.74 Å². The van der Waals surface area contributed by atoms with Gasteiger partial charge in [0.25, 0.3) is 10.1 Å². The largest absolute Gasteiger partial charge is 0.379 e. The van der Waals surface area contributed by atoms with E-state index in [1.807, 2.05) is 18.2 Å². The highest BCUT2D eigenvalue weighted by Gasteiger charge is 2.00. The van der Waals surface area contributed by atoms with Gasteiger partial charge in [-0.2, -0.15) is 8.42 Å². The molecule has 1 aromatic rings. The molecule has 0 radical (unpaired) electrons. The van der Waals surface area contributed by atoms with Gasteiger partial charge < -0.3 is 4.74 Å². The van der Waals surface area contributed by atoms with E-state index in [0.717, 1.165) is 19.1 Å². The quantitative estimate of drug-likeness (QED) is 0.525. The first-order chi connectivity index (χ1) is 8.08. The molecule has 4 nitrogen and oxygen atoms in total.